The quantitative estimate of drug-likeness (QED) is 0.407. The van der Waals surface area contributed by atoms with Crippen LogP contribution in [0, 0.1) is 0 Å². The molecule has 0 fully saturated rings. The van der Waals surface area contributed by atoms with Crippen LogP contribution < -0.4 is 51.4 Å². The molecule has 0 unspecified atom stereocenters. The van der Waals surface area contributed by atoms with E-state index in [4.69, 9.17) is 5.11 Å². The third-order valence-corrected chi connectivity index (χ3v) is 0.675. The van der Waals surface area contributed by atoms with Gasteiger partial charge in [0.1, 0.15) is 0 Å². The number of rotatable bonds is 3. The summed E-state index contributed by atoms with van der Waals surface area (Å²) in [6, 6.07) is 0. The Morgan fingerprint density at radius 1 is 1.20 bits per heavy atom. The zero-order valence-electron chi connectivity index (χ0n) is 5.73. The number of hydrogen-bond donors (Lipinski definition) is 1. The maximum absolute atomic E-state index is 11.3. The van der Waals surface area contributed by atoms with E-state index in [2.05, 4.69) is 0 Å². The fourth-order valence-electron chi connectivity index (χ4n) is 0.325. The Labute approximate surface area is 100 Å². The molecule has 0 aliphatic carbocycles. The van der Waals surface area contributed by atoms with Crippen LogP contribution in [0.5, 0.6) is 0 Å². The first-order valence-corrected chi connectivity index (χ1v) is 2.53. The summed E-state index contributed by atoms with van der Waals surface area (Å²) in [5.74, 6) is 0. The van der Waals surface area contributed by atoms with E-state index in [1.54, 1.807) is 0 Å². The molecule has 10 heavy (non-hydrogen) atoms. The normalized spacial score (nSPS) is 11.6. The zero-order chi connectivity index (χ0) is 7.33. The minimum Gasteiger partial charge on any atom is -0.449 e. The van der Waals surface area contributed by atoms with Crippen LogP contribution in [-0.2, 0) is 0 Å². The number of halogens is 3. The van der Waals surface area contributed by atoms with Gasteiger partial charge >= 0.3 is 58.4 Å². The van der Waals surface area contributed by atoms with Crippen LogP contribution in [0.15, 0.2) is 12.2 Å². The van der Waals surface area contributed by atoms with Crippen LogP contribution in [0.1, 0.15) is 0 Å². The van der Waals surface area contributed by atoms with Crippen molar-refractivity contribution in [1.82, 2.24) is 0 Å². The Morgan fingerprint density at radius 3 is 2.00 bits per heavy atom. The van der Waals surface area contributed by atoms with Gasteiger partial charge in [-0.05, 0) is 0 Å². The Hall–Kier alpha value is 1.19. The summed E-state index contributed by atoms with van der Waals surface area (Å²) in [6.07, 6.45) is 1.09. The van der Waals surface area contributed by atoms with Crippen LogP contribution in [0.25, 0.3) is 0 Å². The van der Waals surface area contributed by atoms with Crippen LogP contribution in [0.4, 0.5) is 12.9 Å². The van der Waals surface area contributed by atoms with E-state index in [0.29, 0.717) is 0 Å². The van der Waals surface area contributed by atoms with E-state index in [0.717, 1.165) is 12.2 Å². The summed E-state index contributed by atoms with van der Waals surface area (Å²) in [7, 11) is 0. The van der Waals surface area contributed by atoms with Crippen molar-refractivity contribution < 1.29 is 69.4 Å². The SMILES string of the molecule is OCC=CC[B-](F)(F)F.[K+]. The van der Waals surface area contributed by atoms with Gasteiger partial charge in [0.15, 0.2) is 0 Å². The summed E-state index contributed by atoms with van der Waals surface area (Å²) >= 11 is 0. The van der Waals surface area contributed by atoms with Gasteiger partial charge in [-0.25, -0.2) is 0 Å². The number of aliphatic hydroxyl groups is 1. The minimum absolute atomic E-state index is 0. The first-order chi connectivity index (χ1) is 4.06. The molecule has 1 N–H and O–H groups in total. The Kier molecular flexibility index (Phi) is 9.46. The molecule has 0 heterocycles. The molecule has 54 valence electrons. The molecule has 0 aliphatic rings. The predicted molar refractivity (Wildman–Crippen MR) is 30.1 cm³/mol. The Balaban J connectivity index is 0. The smallest absolute Gasteiger partial charge is 0.449 e. The number of allylic oxidation sites excluding steroid dienone is 1. The molecule has 1 nitrogen and oxygen atoms in total. The van der Waals surface area contributed by atoms with E-state index in [-0.39, 0.29) is 58.0 Å². The molecule has 0 saturated carbocycles. The molecule has 6 heteroatoms. The van der Waals surface area contributed by atoms with Gasteiger partial charge in [-0.1, -0.05) is 12.4 Å². The minimum atomic E-state index is -4.71. The summed E-state index contributed by atoms with van der Waals surface area (Å²) in [6.45, 7) is -5.03. The van der Waals surface area contributed by atoms with Crippen molar-refractivity contribution in [3.05, 3.63) is 12.2 Å². The van der Waals surface area contributed by atoms with Crippen molar-refractivity contribution in [1.29, 1.82) is 0 Å². The van der Waals surface area contributed by atoms with Gasteiger partial charge in [-0.2, -0.15) is 0 Å². The topological polar surface area (TPSA) is 20.2 Å². The fraction of sp³-hybridized carbons (Fsp3) is 0.500. The first-order valence-electron chi connectivity index (χ1n) is 2.53. The van der Waals surface area contributed by atoms with Crippen LogP contribution >= 0.6 is 0 Å². The van der Waals surface area contributed by atoms with Crippen molar-refractivity contribution in [3.8, 4) is 0 Å². The van der Waals surface area contributed by atoms with Gasteiger partial charge in [-0.15, -0.1) is 6.08 Å². The van der Waals surface area contributed by atoms with Crippen LogP contribution in [0.2, 0.25) is 6.32 Å². The third-order valence-electron chi connectivity index (χ3n) is 0.675. The van der Waals surface area contributed by atoms with E-state index in [1.807, 2.05) is 0 Å². The maximum atomic E-state index is 11.3. The van der Waals surface area contributed by atoms with Crippen molar-refractivity contribution in [3.63, 3.8) is 0 Å². The summed E-state index contributed by atoms with van der Waals surface area (Å²) in [4.78, 5) is 0. The molecule has 0 rings (SSSR count). The van der Waals surface area contributed by atoms with E-state index >= 15 is 0 Å². The van der Waals surface area contributed by atoms with Gasteiger partial charge in [-0.3, -0.25) is 0 Å². The largest absolute Gasteiger partial charge is 1.00 e. The molecule has 0 aromatic heterocycles. The Morgan fingerprint density at radius 2 is 1.70 bits per heavy atom. The molecule has 0 amide bonds. The second-order valence-corrected chi connectivity index (χ2v) is 1.60. The van der Waals surface area contributed by atoms with Gasteiger partial charge in [0.2, 0.25) is 0 Å². The van der Waals surface area contributed by atoms with Gasteiger partial charge in [0.25, 0.3) is 0 Å². The van der Waals surface area contributed by atoms with E-state index < -0.39 is 13.3 Å². The molecule has 0 bridgehead atoms. The maximum Gasteiger partial charge on any atom is 1.00 e. The van der Waals surface area contributed by atoms with Gasteiger partial charge in [0.05, 0.1) is 6.61 Å². The molecule has 0 radical (unpaired) electrons. The molecular formula is C4H7BF3KO. The van der Waals surface area contributed by atoms with E-state index in [9.17, 15) is 12.9 Å². The molecule has 0 aliphatic heterocycles. The second kappa shape index (κ2) is 6.87. The summed E-state index contributed by atoms with van der Waals surface area (Å²) in [5.41, 5.74) is 0. The summed E-state index contributed by atoms with van der Waals surface area (Å²) in [5, 5.41) is 8.02. The molecule has 0 saturated heterocycles. The molecule has 0 aromatic rings. The van der Waals surface area contributed by atoms with Gasteiger partial charge in [0, 0.05) is 0 Å². The standard InChI is InChI=1S/C4H7BF3O.K/c6-5(7,8)3-1-2-4-9;/h1-2,9H,3-4H2;/q-1;+1. The third kappa shape index (κ3) is 11.9. The van der Waals surface area contributed by atoms with Crippen LogP contribution in [-0.4, -0.2) is 18.7 Å². The first kappa shape index (κ1) is 13.8. The monoisotopic (exact) mass is 178 g/mol. The molecule has 0 atom stereocenters. The average Bonchev–Trinajstić information content (AvgIpc) is 1.63. The average molecular weight is 178 g/mol. The van der Waals surface area contributed by atoms with Crippen molar-refractivity contribution in [2.75, 3.05) is 6.61 Å². The summed E-state index contributed by atoms with van der Waals surface area (Å²) < 4.78 is 33.9. The molecular weight excluding hydrogens is 171 g/mol. The van der Waals surface area contributed by atoms with Crippen molar-refractivity contribution >= 4 is 6.98 Å². The second-order valence-electron chi connectivity index (χ2n) is 1.60. The molecule has 0 aromatic carbocycles. The molecule has 0 spiro atoms. The van der Waals surface area contributed by atoms with Gasteiger partial charge < -0.3 is 18.1 Å². The fourth-order valence-corrected chi connectivity index (χ4v) is 0.325. The van der Waals surface area contributed by atoms with E-state index in [1.165, 1.54) is 0 Å². The number of aliphatic hydroxyl groups excluding tert-OH is 1. The number of hydrogen-bond acceptors (Lipinski definition) is 1. The predicted octanol–water partition coefficient (Wildman–Crippen LogP) is -1.61. The van der Waals surface area contributed by atoms with Crippen molar-refractivity contribution in [2.24, 2.45) is 0 Å². The van der Waals surface area contributed by atoms with Crippen LogP contribution in [0.3, 0.4) is 0 Å². The zero-order valence-corrected chi connectivity index (χ0v) is 8.85. The Bertz CT molecular complexity index is 103. The van der Waals surface area contributed by atoms with Crippen molar-refractivity contribution in [2.45, 2.75) is 6.32 Å².